The SMILES string of the molecule is CC(C)c1cc2c(=O)[nH]c(CSCC(=O)NCCc3c[nH]c4ccccc34)nc2s1. The van der Waals surface area contributed by atoms with E-state index in [1.165, 1.54) is 22.7 Å². The quantitative estimate of drug-likeness (QED) is 0.383. The summed E-state index contributed by atoms with van der Waals surface area (Å²) in [4.78, 5) is 37.0. The van der Waals surface area contributed by atoms with Crippen LogP contribution in [0.4, 0.5) is 0 Å². The van der Waals surface area contributed by atoms with Crippen molar-refractivity contribution < 1.29 is 4.79 Å². The molecule has 3 aromatic heterocycles. The van der Waals surface area contributed by atoms with Crippen LogP contribution in [0.5, 0.6) is 0 Å². The summed E-state index contributed by atoms with van der Waals surface area (Å²) in [5.74, 6) is 1.80. The van der Waals surface area contributed by atoms with E-state index in [4.69, 9.17) is 0 Å². The zero-order valence-electron chi connectivity index (χ0n) is 17.0. The number of carbonyl (C=O) groups excluding carboxylic acids is 1. The zero-order chi connectivity index (χ0) is 21.1. The largest absolute Gasteiger partial charge is 0.361 e. The van der Waals surface area contributed by atoms with Gasteiger partial charge in [0.1, 0.15) is 10.7 Å². The van der Waals surface area contributed by atoms with Crippen LogP contribution < -0.4 is 10.9 Å². The van der Waals surface area contributed by atoms with E-state index in [1.807, 2.05) is 30.5 Å². The molecule has 4 aromatic rings. The van der Waals surface area contributed by atoms with Crippen molar-refractivity contribution in [1.29, 1.82) is 0 Å². The number of aromatic amines is 2. The Morgan fingerprint density at radius 1 is 1.27 bits per heavy atom. The van der Waals surface area contributed by atoms with Crippen molar-refractivity contribution in [2.75, 3.05) is 12.3 Å². The molecule has 0 spiro atoms. The lowest BCUT2D eigenvalue weighted by Gasteiger charge is -2.05. The van der Waals surface area contributed by atoms with Gasteiger partial charge in [-0.15, -0.1) is 23.1 Å². The van der Waals surface area contributed by atoms with Gasteiger partial charge in [0.25, 0.3) is 5.56 Å². The molecule has 1 amide bonds. The highest BCUT2D eigenvalue weighted by Crippen LogP contribution is 2.27. The number of carbonyl (C=O) groups is 1. The first kappa shape index (κ1) is 20.7. The lowest BCUT2D eigenvalue weighted by molar-refractivity contribution is -0.118. The van der Waals surface area contributed by atoms with Gasteiger partial charge in [-0.1, -0.05) is 32.0 Å². The van der Waals surface area contributed by atoms with Gasteiger partial charge >= 0.3 is 0 Å². The third-order valence-electron chi connectivity index (χ3n) is 4.90. The second-order valence-electron chi connectivity index (χ2n) is 7.49. The van der Waals surface area contributed by atoms with Gasteiger partial charge in [-0.05, 0) is 30.0 Å². The molecule has 0 radical (unpaired) electrons. The van der Waals surface area contributed by atoms with Crippen molar-refractivity contribution in [3.63, 3.8) is 0 Å². The first-order chi connectivity index (χ1) is 14.5. The van der Waals surface area contributed by atoms with E-state index in [2.05, 4.69) is 40.2 Å². The van der Waals surface area contributed by atoms with Crippen molar-refractivity contribution in [2.45, 2.75) is 31.9 Å². The van der Waals surface area contributed by atoms with Crippen LogP contribution >= 0.6 is 23.1 Å². The number of nitrogens with one attached hydrogen (secondary N) is 3. The summed E-state index contributed by atoms with van der Waals surface area (Å²) in [6.07, 6.45) is 2.78. The van der Waals surface area contributed by atoms with Crippen molar-refractivity contribution in [2.24, 2.45) is 0 Å². The number of fused-ring (bicyclic) bond motifs is 2. The Kier molecular flexibility index (Phi) is 6.24. The van der Waals surface area contributed by atoms with Crippen LogP contribution in [0, 0.1) is 0 Å². The summed E-state index contributed by atoms with van der Waals surface area (Å²) in [6, 6.07) is 10.1. The lowest BCUT2D eigenvalue weighted by Crippen LogP contribution is -2.27. The van der Waals surface area contributed by atoms with E-state index in [0.717, 1.165) is 21.6 Å². The predicted molar refractivity (Wildman–Crippen MR) is 126 cm³/mol. The van der Waals surface area contributed by atoms with Crippen LogP contribution in [0.3, 0.4) is 0 Å². The summed E-state index contributed by atoms with van der Waals surface area (Å²) in [7, 11) is 0. The Labute approximate surface area is 182 Å². The number of aromatic nitrogens is 3. The second kappa shape index (κ2) is 9.06. The van der Waals surface area contributed by atoms with Crippen molar-refractivity contribution in [3.05, 3.63) is 63.1 Å². The maximum Gasteiger partial charge on any atom is 0.259 e. The fourth-order valence-electron chi connectivity index (χ4n) is 3.31. The van der Waals surface area contributed by atoms with E-state index in [0.29, 0.717) is 35.2 Å². The average molecular weight is 441 g/mol. The number of benzene rings is 1. The van der Waals surface area contributed by atoms with Crippen molar-refractivity contribution >= 4 is 50.1 Å². The molecule has 0 bridgehead atoms. The van der Waals surface area contributed by atoms with Gasteiger partial charge in [0, 0.05) is 28.5 Å². The minimum absolute atomic E-state index is 0.0125. The maximum atomic E-state index is 12.3. The number of rotatable bonds is 8. The molecule has 0 aliphatic heterocycles. The topological polar surface area (TPSA) is 90.6 Å². The monoisotopic (exact) mass is 440 g/mol. The molecule has 0 unspecified atom stereocenters. The highest BCUT2D eigenvalue weighted by molar-refractivity contribution is 7.99. The normalized spacial score (nSPS) is 11.6. The smallest absolute Gasteiger partial charge is 0.259 e. The molecule has 0 fully saturated rings. The highest BCUT2D eigenvalue weighted by Gasteiger charge is 2.11. The fourth-order valence-corrected chi connectivity index (χ4v) is 5.09. The molecular weight excluding hydrogens is 416 g/mol. The van der Waals surface area contributed by atoms with Gasteiger partial charge in [-0.2, -0.15) is 0 Å². The number of hydrogen-bond acceptors (Lipinski definition) is 5. The molecule has 3 N–H and O–H groups in total. The maximum absolute atomic E-state index is 12.3. The average Bonchev–Trinajstić information content (AvgIpc) is 3.33. The second-order valence-corrected chi connectivity index (χ2v) is 9.53. The minimum Gasteiger partial charge on any atom is -0.361 e. The molecule has 0 aliphatic carbocycles. The Bertz CT molecular complexity index is 1240. The summed E-state index contributed by atoms with van der Waals surface area (Å²) >= 11 is 3.01. The van der Waals surface area contributed by atoms with Crippen LogP contribution in [0.25, 0.3) is 21.1 Å². The van der Waals surface area contributed by atoms with Crippen LogP contribution in [-0.2, 0) is 17.0 Å². The Morgan fingerprint density at radius 3 is 2.93 bits per heavy atom. The minimum atomic E-state index is -0.109. The molecule has 3 heterocycles. The van der Waals surface area contributed by atoms with Gasteiger partial charge in [-0.25, -0.2) is 4.98 Å². The Morgan fingerprint density at radius 2 is 2.10 bits per heavy atom. The molecule has 1 aromatic carbocycles. The van der Waals surface area contributed by atoms with Gasteiger partial charge in [0.15, 0.2) is 0 Å². The standard InChI is InChI=1S/C22H24N4O2S2/c1-13(2)18-9-16-21(28)25-19(26-22(16)30-18)11-29-12-20(27)23-8-7-14-10-24-17-6-4-3-5-15(14)17/h3-6,9-10,13,24H,7-8,11-12H2,1-2H3,(H,23,27)(H,25,26,28). The summed E-state index contributed by atoms with van der Waals surface area (Å²) < 4.78 is 0. The first-order valence-corrected chi connectivity index (χ1v) is 11.9. The van der Waals surface area contributed by atoms with Gasteiger partial charge in [0.2, 0.25) is 5.91 Å². The molecule has 0 saturated carbocycles. The number of H-pyrrole nitrogens is 2. The molecule has 156 valence electrons. The van der Waals surface area contributed by atoms with E-state index < -0.39 is 0 Å². The van der Waals surface area contributed by atoms with Gasteiger partial charge < -0.3 is 15.3 Å². The summed E-state index contributed by atoms with van der Waals surface area (Å²) in [6.45, 7) is 4.80. The molecule has 8 heteroatoms. The number of thioether (sulfide) groups is 1. The van der Waals surface area contributed by atoms with Crippen LogP contribution in [0.15, 0.2) is 41.3 Å². The number of hydrogen-bond donors (Lipinski definition) is 3. The molecule has 30 heavy (non-hydrogen) atoms. The van der Waals surface area contributed by atoms with Gasteiger partial charge in [0.05, 0.1) is 16.9 Å². The van der Waals surface area contributed by atoms with E-state index in [1.54, 1.807) is 11.3 Å². The zero-order valence-corrected chi connectivity index (χ0v) is 18.6. The molecule has 0 atom stereocenters. The van der Waals surface area contributed by atoms with Crippen LogP contribution in [0.1, 0.15) is 36.0 Å². The number of thiophene rings is 1. The van der Waals surface area contributed by atoms with E-state index >= 15 is 0 Å². The number of nitrogens with zero attached hydrogens (tertiary/aromatic N) is 1. The first-order valence-electron chi connectivity index (χ1n) is 9.93. The number of para-hydroxylation sites is 1. The van der Waals surface area contributed by atoms with E-state index in [-0.39, 0.29) is 11.5 Å². The fraction of sp³-hybridized carbons (Fsp3) is 0.318. The van der Waals surface area contributed by atoms with E-state index in [9.17, 15) is 9.59 Å². The Balaban J connectivity index is 1.27. The molecule has 0 aliphatic rings. The lowest BCUT2D eigenvalue weighted by atomic mass is 10.1. The summed E-state index contributed by atoms with van der Waals surface area (Å²) in [5, 5.41) is 4.81. The molecule has 0 saturated heterocycles. The molecule has 4 rings (SSSR count). The third-order valence-corrected chi connectivity index (χ3v) is 7.18. The van der Waals surface area contributed by atoms with Crippen molar-refractivity contribution in [3.8, 4) is 0 Å². The third kappa shape index (κ3) is 4.60. The van der Waals surface area contributed by atoms with Crippen molar-refractivity contribution in [1.82, 2.24) is 20.3 Å². The molecular formula is C22H24N4O2S2. The molecule has 6 nitrogen and oxygen atoms in total. The predicted octanol–water partition coefficient (Wildman–Crippen LogP) is 4.18. The number of amides is 1. The van der Waals surface area contributed by atoms with Gasteiger partial charge in [-0.3, -0.25) is 9.59 Å². The van der Waals surface area contributed by atoms with Crippen LogP contribution in [-0.4, -0.2) is 33.2 Å². The summed E-state index contributed by atoms with van der Waals surface area (Å²) in [5.41, 5.74) is 2.20. The Hall–Kier alpha value is -2.58. The highest BCUT2D eigenvalue weighted by atomic mass is 32.2. The van der Waals surface area contributed by atoms with Crippen LogP contribution in [0.2, 0.25) is 0 Å².